The molecule has 1 aromatic carbocycles. The number of rotatable bonds is 5. The predicted octanol–water partition coefficient (Wildman–Crippen LogP) is 5.19. The van der Waals surface area contributed by atoms with Crippen LogP contribution in [0.5, 0.6) is 0 Å². The summed E-state index contributed by atoms with van der Waals surface area (Å²) in [5.74, 6) is 1.50. The molecule has 0 saturated heterocycles. The van der Waals surface area contributed by atoms with Gasteiger partial charge in [-0.2, -0.15) is 0 Å². The van der Waals surface area contributed by atoms with Gasteiger partial charge in [0.25, 0.3) is 0 Å². The Hall–Kier alpha value is -0.820. The van der Waals surface area contributed by atoms with Gasteiger partial charge in [0.1, 0.15) is 0 Å². The lowest BCUT2D eigenvalue weighted by Crippen LogP contribution is -2.35. The van der Waals surface area contributed by atoms with Crippen LogP contribution in [0.15, 0.2) is 30.3 Å². The van der Waals surface area contributed by atoms with Crippen LogP contribution in [0.4, 0.5) is 0 Å². The zero-order valence-electron chi connectivity index (χ0n) is 13.8. The number of hydrogen-bond acceptors (Lipinski definition) is 1. The number of hydrogen-bond donors (Lipinski definition) is 1. The third-order valence-corrected chi connectivity index (χ3v) is 4.66. The van der Waals surface area contributed by atoms with Crippen LogP contribution in [-0.2, 0) is 0 Å². The van der Waals surface area contributed by atoms with Crippen LogP contribution in [0.3, 0.4) is 0 Å². The first-order valence-electron chi connectivity index (χ1n) is 8.18. The molecule has 1 aromatic rings. The molecule has 1 N–H and O–H groups in total. The average Bonchev–Trinajstić information content (AvgIpc) is 2.62. The topological polar surface area (TPSA) is 12.0 Å². The molecule has 1 fully saturated rings. The minimum atomic E-state index is 0.496. The normalized spacial score (nSPS) is 26.9. The molecule has 1 aliphatic rings. The van der Waals surface area contributed by atoms with Gasteiger partial charge in [0.15, 0.2) is 0 Å². The number of nitrogens with one attached hydrogen (secondary N) is 1. The maximum Gasteiger partial charge on any atom is 0.0325 e. The summed E-state index contributed by atoms with van der Waals surface area (Å²) in [4.78, 5) is 0. The Morgan fingerprint density at radius 3 is 2.30 bits per heavy atom. The largest absolute Gasteiger partial charge is 0.307 e. The summed E-state index contributed by atoms with van der Waals surface area (Å²) < 4.78 is 0. The van der Waals surface area contributed by atoms with Crippen molar-refractivity contribution < 1.29 is 0 Å². The summed E-state index contributed by atoms with van der Waals surface area (Å²) in [7, 11) is 0. The lowest BCUT2D eigenvalue weighted by atomic mass is 9.91. The first-order chi connectivity index (χ1) is 9.37. The van der Waals surface area contributed by atoms with Crippen molar-refractivity contribution in [3.05, 3.63) is 35.9 Å². The van der Waals surface area contributed by atoms with Gasteiger partial charge in [0, 0.05) is 12.1 Å². The molecule has 0 spiro atoms. The molecule has 0 aliphatic heterocycles. The summed E-state index contributed by atoms with van der Waals surface area (Å²) in [6.07, 6.45) is 3.86. The highest BCUT2D eigenvalue weighted by atomic mass is 15.0. The highest BCUT2D eigenvalue weighted by molar-refractivity contribution is 5.19. The van der Waals surface area contributed by atoms with Gasteiger partial charge in [-0.15, -0.1) is 0 Å². The standard InChI is InChI=1S/C19H31N/c1-14(2)11-17(16-9-7-6-8-10-16)20-18-13-19(4,5)12-15(18)3/h6-10,14-15,17-18,20H,11-13H2,1-5H3. The Bertz CT molecular complexity index is 407. The summed E-state index contributed by atoms with van der Waals surface area (Å²) in [5, 5.41) is 3.97. The zero-order valence-corrected chi connectivity index (χ0v) is 13.8. The second-order valence-electron chi connectivity index (χ2n) is 7.92. The first kappa shape index (κ1) is 15.6. The molecule has 0 amide bonds. The van der Waals surface area contributed by atoms with E-state index in [1.807, 2.05) is 0 Å². The van der Waals surface area contributed by atoms with Gasteiger partial charge in [-0.05, 0) is 42.1 Å². The van der Waals surface area contributed by atoms with Gasteiger partial charge in [0.05, 0.1) is 0 Å². The van der Waals surface area contributed by atoms with Crippen LogP contribution in [0, 0.1) is 17.3 Å². The Morgan fingerprint density at radius 1 is 1.15 bits per heavy atom. The van der Waals surface area contributed by atoms with Gasteiger partial charge in [-0.3, -0.25) is 0 Å². The fourth-order valence-corrected chi connectivity index (χ4v) is 3.83. The van der Waals surface area contributed by atoms with Crippen molar-refractivity contribution in [3.8, 4) is 0 Å². The van der Waals surface area contributed by atoms with E-state index in [-0.39, 0.29) is 0 Å². The third-order valence-electron chi connectivity index (χ3n) is 4.66. The van der Waals surface area contributed by atoms with Crippen molar-refractivity contribution in [3.63, 3.8) is 0 Å². The van der Waals surface area contributed by atoms with E-state index in [4.69, 9.17) is 0 Å². The highest BCUT2D eigenvalue weighted by Crippen LogP contribution is 2.42. The molecule has 0 aromatic heterocycles. The van der Waals surface area contributed by atoms with Gasteiger partial charge in [-0.25, -0.2) is 0 Å². The minimum absolute atomic E-state index is 0.496. The molecule has 1 nitrogen and oxygen atoms in total. The fraction of sp³-hybridized carbons (Fsp3) is 0.684. The van der Waals surface area contributed by atoms with Crippen molar-refractivity contribution in [1.29, 1.82) is 0 Å². The van der Waals surface area contributed by atoms with Gasteiger partial charge in [-0.1, -0.05) is 65.0 Å². The van der Waals surface area contributed by atoms with E-state index in [2.05, 4.69) is 70.3 Å². The van der Waals surface area contributed by atoms with Crippen LogP contribution < -0.4 is 5.32 Å². The number of benzene rings is 1. The molecule has 20 heavy (non-hydrogen) atoms. The van der Waals surface area contributed by atoms with E-state index in [9.17, 15) is 0 Å². The van der Waals surface area contributed by atoms with Crippen molar-refractivity contribution in [2.24, 2.45) is 17.3 Å². The highest BCUT2D eigenvalue weighted by Gasteiger charge is 2.37. The van der Waals surface area contributed by atoms with Crippen LogP contribution >= 0.6 is 0 Å². The second-order valence-corrected chi connectivity index (χ2v) is 7.92. The maximum absolute atomic E-state index is 3.97. The lowest BCUT2D eigenvalue weighted by molar-refractivity contribution is 0.330. The molecule has 2 rings (SSSR count). The molecule has 1 saturated carbocycles. The smallest absolute Gasteiger partial charge is 0.0325 e. The summed E-state index contributed by atoms with van der Waals surface area (Å²) in [6, 6.07) is 12.1. The molecular weight excluding hydrogens is 242 g/mol. The summed E-state index contributed by atoms with van der Waals surface area (Å²) in [6.45, 7) is 11.9. The van der Waals surface area contributed by atoms with Gasteiger partial charge < -0.3 is 5.32 Å². The molecule has 1 aliphatic carbocycles. The Kier molecular flexibility index (Phi) is 4.90. The second kappa shape index (κ2) is 6.30. The molecule has 3 atom stereocenters. The fourth-order valence-electron chi connectivity index (χ4n) is 3.83. The molecule has 1 heteroatoms. The molecular formula is C19H31N. The Balaban J connectivity index is 2.09. The van der Waals surface area contributed by atoms with E-state index < -0.39 is 0 Å². The zero-order chi connectivity index (χ0) is 14.8. The maximum atomic E-state index is 3.97. The van der Waals surface area contributed by atoms with E-state index in [0.29, 0.717) is 17.5 Å². The third kappa shape index (κ3) is 4.09. The van der Waals surface area contributed by atoms with Crippen LogP contribution in [0.25, 0.3) is 0 Å². The van der Waals surface area contributed by atoms with Crippen LogP contribution in [0.2, 0.25) is 0 Å². The molecule has 0 radical (unpaired) electrons. The quantitative estimate of drug-likeness (QED) is 0.778. The van der Waals surface area contributed by atoms with Gasteiger partial charge >= 0.3 is 0 Å². The van der Waals surface area contributed by atoms with E-state index >= 15 is 0 Å². The van der Waals surface area contributed by atoms with Crippen LogP contribution in [-0.4, -0.2) is 6.04 Å². The molecule has 3 unspecified atom stereocenters. The Labute approximate surface area is 125 Å². The first-order valence-corrected chi connectivity index (χ1v) is 8.18. The van der Waals surface area contributed by atoms with Gasteiger partial charge in [0.2, 0.25) is 0 Å². The lowest BCUT2D eigenvalue weighted by Gasteiger charge is -2.28. The monoisotopic (exact) mass is 273 g/mol. The predicted molar refractivity (Wildman–Crippen MR) is 87.7 cm³/mol. The average molecular weight is 273 g/mol. The Morgan fingerprint density at radius 2 is 1.80 bits per heavy atom. The van der Waals surface area contributed by atoms with E-state index in [1.165, 1.54) is 24.8 Å². The van der Waals surface area contributed by atoms with E-state index in [0.717, 1.165) is 11.8 Å². The SMILES string of the molecule is CC(C)CC(NC1CC(C)(C)CC1C)c1ccccc1. The van der Waals surface area contributed by atoms with Crippen LogP contribution in [0.1, 0.15) is 65.5 Å². The molecule has 0 heterocycles. The van der Waals surface area contributed by atoms with Crippen molar-refractivity contribution in [2.75, 3.05) is 0 Å². The van der Waals surface area contributed by atoms with Crippen molar-refractivity contribution in [1.82, 2.24) is 5.32 Å². The van der Waals surface area contributed by atoms with E-state index in [1.54, 1.807) is 0 Å². The summed E-state index contributed by atoms with van der Waals surface area (Å²) in [5.41, 5.74) is 1.94. The molecule has 0 bridgehead atoms. The van der Waals surface area contributed by atoms with Crippen molar-refractivity contribution >= 4 is 0 Å². The minimum Gasteiger partial charge on any atom is -0.307 e. The molecule has 112 valence electrons. The van der Waals surface area contributed by atoms with Crippen molar-refractivity contribution in [2.45, 2.75) is 66.0 Å². The summed E-state index contributed by atoms with van der Waals surface area (Å²) >= 11 is 0.